The van der Waals surface area contributed by atoms with E-state index in [1.54, 1.807) is 4.90 Å². The third kappa shape index (κ3) is 6.25. The molecule has 0 aliphatic carbocycles. The molecule has 7 nitrogen and oxygen atoms in total. The number of amides is 3. The van der Waals surface area contributed by atoms with Crippen LogP contribution in [0.1, 0.15) is 49.6 Å². The van der Waals surface area contributed by atoms with Crippen LogP contribution in [0.3, 0.4) is 0 Å². The molecule has 1 aliphatic rings. The molecule has 3 amide bonds. The van der Waals surface area contributed by atoms with Crippen LogP contribution in [0.5, 0.6) is 0 Å². The zero-order valence-corrected chi connectivity index (χ0v) is 17.9. The first-order valence-electron chi connectivity index (χ1n) is 10.3. The lowest BCUT2D eigenvalue weighted by molar-refractivity contribution is -0.121. The van der Waals surface area contributed by atoms with Crippen molar-refractivity contribution in [3.8, 4) is 0 Å². The molecule has 0 spiro atoms. The van der Waals surface area contributed by atoms with Gasteiger partial charge < -0.3 is 15.5 Å². The van der Waals surface area contributed by atoms with E-state index in [1.165, 1.54) is 17.8 Å². The van der Waals surface area contributed by atoms with Crippen LogP contribution in [0.2, 0.25) is 0 Å². The molecule has 1 fully saturated rings. The number of aryl methyl sites for hydroxylation is 2. The number of carbonyl (C=O) groups excluding carboxylic acids is 2. The van der Waals surface area contributed by atoms with Crippen molar-refractivity contribution in [3.63, 3.8) is 0 Å². The van der Waals surface area contributed by atoms with Crippen LogP contribution in [0.25, 0.3) is 0 Å². The maximum Gasteiger partial charge on any atom is 0.321 e. The second kappa shape index (κ2) is 10.3. The van der Waals surface area contributed by atoms with Crippen molar-refractivity contribution >= 4 is 34.1 Å². The van der Waals surface area contributed by atoms with Gasteiger partial charge in [-0.2, -0.15) is 0 Å². The van der Waals surface area contributed by atoms with E-state index in [1.807, 2.05) is 31.2 Å². The SMILES string of the molecule is CCCCCc1nnc(NC(=O)C2CCCN(C(=O)Nc3cccc(C)c3)C2)s1. The number of rotatable bonds is 7. The summed E-state index contributed by atoms with van der Waals surface area (Å²) < 4.78 is 0. The topological polar surface area (TPSA) is 87.2 Å². The van der Waals surface area contributed by atoms with Gasteiger partial charge in [-0.25, -0.2) is 4.79 Å². The number of carbonyl (C=O) groups is 2. The fourth-order valence-corrected chi connectivity index (χ4v) is 4.22. The number of benzene rings is 1. The van der Waals surface area contributed by atoms with Crippen molar-refractivity contribution in [3.05, 3.63) is 34.8 Å². The number of piperidine rings is 1. The van der Waals surface area contributed by atoms with E-state index in [4.69, 9.17) is 0 Å². The van der Waals surface area contributed by atoms with Gasteiger partial charge in [0.1, 0.15) is 5.01 Å². The Labute approximate surface area is 175 Å². The minimum absolute atomic E-state index is 0.0886. The Morgan fingerprint density at radius 1 is 1.24 bits per heavy atom. The summed E-state index contributed by atoms with van der Waals surface area (Å²) in [5.41, 5.74) is 1.86. The van der Waals surface area contributed by atoms with Gasteiger partial charge in [-0.1, -0.05) is 43.2 Å². The Kier molecular flexibility index (Phi) is 7.57. The average Bonchev–Trinajstić information content (AvgIpc) is 3.15. The molecule has 29 heavy (non-hydrogen) atoms. The van der Waals surface area contributed by atoms with Crippen molar-refractivity contribution in [1.82, 2.24) is 15.1 Å². The first-order valence-corrected chi connectivity index (χ1v) is 11.1. The Balaban J connectivity index is 1.51. The fourth-order valence-electron chi connectivity index (χ4n) is 3.44. The molecule has 1 atom stereocenters. The lowest BCUT2D eigenvalue weighted by Gasteiger charge is -2.31. The molecule has 1 aromatic carbocycles. The summed E-state index contributed by atoms with van der Waals surface area (Å²) >= 11 is 1.44. The number of urea groups is 1. The highest BCUT2D eigenvalue weighted by Crippen LogP contribution is 2.22. The van der Waals surface area contributed by atoms with Crippen molar-refractivity contribution in [1.29, 1.82) is 0 Å². The smallest absolute Gasteiger partial charge is 0.321 e. The molecule has 3 rings (SSSR count). The van der Waals surface area contributed by atoms with Gasteiger partial charge in [-0.05, 0) is 43.9 Å². The number of aromatic nitrogens is 2. The zero-order chi connectivity index (χ0) is 20.6. The molecule has 1 aliphatic heterocycles. The molecule has 0 radical (unpaired) electrons. The number of nitrogens with zero attached hydrogens (tertiary/aromatic N) is 3. The number of hydrogen-bond donors (Lipinski definition) is 2. The van der Waals surface area contributed by atoms with Gasteiger partial charge in [0.05, 0.1) is 5.92 Å². The summed E-state index contributed by atoms with van der Waals surface area (Å²) in [6, 6.07) is 7.53. The standard InChI is InChI=1S/C21H29N5O2S/c1-3-4-5-11-18-24-25-20(29-18)23-19(27)16-9-7-12-26(14-16)21(28)22-17-10-6-8-15(2)13-17/h6,8,10,13,16H,3-5,7,9,11-12,14H2,1-2H3,(H,22,28)(H,23,25,27). The first-order chi connectivity index (χ1) is 14.0. The van der Waals surface area contributed by atoms with E-state index in [0.717, 1.165) is 48.4 Å². The summed E-state index contributed by atoms with van der Waals surface area (Å²) in [4.78, 5) is 27.0. The molecular weight excluding hydrogens is 386 g/mol. The van der Waals surface area contributed by atoms with E-state index in [-0.39, 0.29) is 17.9 Å². The van der Waals surface area contributed by atoms with Crippen molar-refractivity contribution < 1.29 is 9.59 Å². The molecule has 0 bridgehead atoms. The highest BCUT2D eigenvalue weighted by molar-refractivity contribution is 7.15. The van der Waals surface area contributed by atoms with E-state index in [2.05, 4.69) is 27.8 Å². The third-order valence-corrected chi connectivity index (χ3v) is 5.94. The van der Waals surface area contributed by atoms with E-state index in [0.29, 0.717) is 18.2 Å². The van der Waals surface area contributed by atoms with E-state index in [9.17, 15) is 9.59 Å². The fraction of sp³-hybridized carbons (Fsp3) is 0.524. The normalized spacial score (nSPS) is 16.5. The lowest BCUT2D eigenvalue weighted by Crippen LogP contribution is -2.45. The summed E-state index contributed by atoms with van der Waals surface area (Å²) in [5.74, 6) is -0.325. The van der Waals surface area contributed by atoms with Gasteiger partial charge >= 0.3 is 6.03 Å². The highest BCUT2D eigenvalue weighted by atomic mass is 32.1. The molecule has 2 N–H and O–H groups in total. The number of hydrogen-bond acceptors (Lipinski definition) is 5. The van der Waals surface area contributed by atoms with Gasteiger partial charge in [-0.15, -0.1) is 10.2 Å². The quantitative estimate of drug-likeness (QED) is 0.654. The van der Waals surface area contributed by atoms with Crippen molar-refractivity contribution in [2.24, 2.45) is 5.92 Å². The maximum absolute atomic E-state index is 12.7. The van der Waals surface area contributed by atoms with Crippen molar-refractivity contribution in [2.45, 2.75) is 52.4 Å². The number of unbranched alkanes of at least 4 members (excludes halogenated alkanes) is 2. The van der Waals surface area contributed by atoms with Crippen LogP contribution in [0.4, 0.5) is 15.6 Å². The van der Waals surface area contributed by atoms with Crippen LogP contribution in [0.15, 0.2) is 24.3 Å². The molecule has 0 saturated carbocycles. The van der Waals surface area contributed by atoms with Crippen LogP contribution < -0.4 is 10.6 Å². The Morgan fingerprint density at radius 3 is 2.90 bits per heavy atom. The molecule has 2 aromatic rings. The number of anilines is 2. The third-order valence-electron chi connectivity index (χ3n) is 5.04. The molecule has 1 unspecified atom stereocenters. The molecule has 2 heterocycles. The Hall–Kier alpha value is -2.48. The summed E-state index contributed by atoms with van der Waals surface area (Å²) in [7, 11) is 0. The van der Waals surface area contributed by atoms with Gasteiger partial charge in [0.25, 0.3) is 0 Å². The van der Waals surface area contributed by atoms with Crippen LogP contribution in [-0.2, 0) is 11.2 Å². The minimum atomic E-state index is -0.237. The largest absolute Gasteiger partial charge is 0.324 e. The van der Waals surface area contributed by atoms with Gasteiger partial charge in [0.15, 0.2) is 0 Å². The minimum Gasteiger partial charge on any atom is -0.324 e. The summed E-state index contributed by atoms with van der Waals surface area (Å²) in [6.07, 6.45) is 5.90. The second-order valence-electron chi connectivity index (χ2n) is 7.53. The van der Waals surface area contributed by atoms with E-state index >= 15 is 0 Å². The average molecular weight is 416 g/mol. The predicted molar refractivity (Wildman–Crippen MR) is 116 cm³/mol. The summed E-state index contributed by atoms with van der Waals surface area (Å²) in [5, 5.41) is 15.6. The predicted octanol–water partition coefficient (Wildman–Crippen LogP) is 4.46. The van der Waals surface area contributed by atoms with Gasteiger partial charge in [-0.3, -0.25) is 4.79 Å². The molecule has 8 heteroatoms. The van der Waals surface area contributed by atoms with Crippen LogP contribution in [-0.4, -0.2) is 40.1 Å². The molecular formula is C21H29N5O2S. The van der Waals surface area contributed by atoms with Crippen LogP contribution >= 0.6 is 11.3 Å². The lowest BCUT2D eigenvalue weighted by atomic mass is 9.97. The monoisotopic (exact) mass is 415 g/mol. The maximum atomic E-state index is 12.7. The zero-order valence-electron chi connectivity index (χ0n) is 17.1. The van der Waals surface area contributed by atoms with Gasteiger partial charge in [0.2, 0.25) is 11.0 Å². The van der Waals surface area contributed by atoms with Crippen molar-refractivity contribution in [2.75, 3.05) is 23.7 Å². The number of nitrogens with one attached hydrogen (secondary N) is 2. The highest BCUT2D eigenvalue weighted by Gasteiger charge is 2.29. The second-order valence-corrected chi connectivity index (χ2v) is 8.59. The first kappa shape index (κ1) is 21.2. The van der Waals surface area contributed by atoms with Gasteiger partial charge in [0, 0.05) is 25.2 Å². The molecule has 156 valence electrons. The number of likely N-dealkylation sites (tertiary alicyclic amines) is 1. The van der Waals surface area contributed by atoms with E-state index < -0.39 is 0 Å². The molecule has 1 saturated heterocycles. The Morgan fingerprint density at radius 2 is 2.10 bits per heavy atom. The Bertz CT molecular complexity index is 838. The summed E-state index contributed by atoms with van der Waals surface area (Å²) in [6.45, 7) is 5.22. The van der Waals surface area contributed by atoms with Crippen LogP contribution in [0, 0.1) is 12.8 Å². The molecule has 1 aromatic heterocycles.